The minimum Gasteiger partial charge on any atom is -0.290 e. The highest BCUT2D eigenvalue weighted by Gasteiger charge is 2.22. The van der Waals surface area contributed by atoms with Crippen molar-refractivity contribution in [1.29, 1.82) is 0 Å². The highest BCUT2D eigenvalue weighted by Crippen LogP contribution is 2.19. The van der Waals surface area contributed by atoms with Crippen LogP contribution in [0.5, 0.6) is 0 Å². The van der Waals surface area contributed by atoms with Gasteiger partial charge in [0.15, 0.2) is 0 Å². The average molecular weight is 192 g/mol. The predicted molar refractivity (Wildman–Crippen MR) is 48.7 cm³/mol. The number of fused-ring (bicyclic) bond motifs is 1. The van der Waals surface area contributed by atoms with Crippen molar-refractivity contribution in [3.05, 3.63) is 35.1 Å². The summed E-state index contributed by atoms with van der Waals surface area (Å²) < 4.78 is 12.9. The van der Waals surface area contributed by atoms with Crippen LogP contribution in [-0.4, -0.2) is 11.6 Å². The van der Waals surface area contributed by atoms with Gasteiger partial charge in [-0.3, -0.25) is 9.59 Å². The molecule has 1 aliphatic rings. The summed E-state index contributed by atoms with van der Waals surface area (Å²) >= 11 is 0. The van der Waals surface area contributed by atoms with E-state index in [1.54, 1.807) is 6.07 Å². The first-order chi connectivity index (χ1) is 6.68. The Hall–Kier alpha value is -1.51. The second-order valence-electron chi connectivity index (χ2n) is 3.41. The van der Waals surface area contributed by atoms with Crippen molar-refractivity contribution in [3.63, 3.8) is 0 Å². The third kappa shape index (κ3) is 1.45. The number of aryl methyl sites for hydroxylation is 1. The molecule has 0 saturated heterocycles. The van der Waals surface area contributed by atoms with Crippen molar-refractivity contribution in [3.8, 4) is 0 Å². The third-order valence-corrected chi connectivity index (χ3v) is 2.42. The molecule has 0 atom stereocenters. The molecule has 0 amide bonds. The van der Waals surface area contributed by atoms with E-state index >= 15 is 0 Å². The van der Waals surface area contributed by atoms with E-state index in [2.05, 4.69) is 0 Å². The van der Waals surface area contributed by atoms with Crippen LogP contribution in [0, 0.1) is 5.82 Å². The van der Waals surface area contributed by atoms with E-state index in [4.69, 9.17) is 0 Å². The SMILES string of the molecule is O=C1CCCc2ccc(F)cc2C1=O. The van der Waals surface area contributed by atoms with Gasteiger partial charge >= 0.3 is 0 Å². The lowest BCUT2D eigenvalue weighted by Gasteiger charge is -2.02. The van der Waals surface area contributed by atoms with Gasteiger partial charge in [-0.15, -0.1) is 0 Å². The summed E-state index contributed by atoms with van der Waals surface area (Å²) in [6.07, 6.45) is 1.62. The lowest BCUT2D eigenvalue weighted by Crippen LogP contribution is -2.12. The Kier molecular flexibility index (Phi) is 2.15. The van der Waals surface area contributed by atoms with E-state index < -0.39 is 17.4 Å². The number of ketones is 2. The second kappa shape index (κ2) is 3.33. The molecule has 0 saturated carbocycles. The van der Waals surface area contributed by atoms with Crippen LogP contribution in [0.25, 0.3) is 0 Å². The van der Waals surface area contributed by atoms with E-state index in [1.165, 1.54) is 6.07 Å². The molecule has 0 heterocycles. The van der Waals surface area contributed by atoms with Gasteiger partial charge in [0.2, 0.25) is 11.6 Å². The first-order valence-corrected chi connectivity index (χ1v) is 4.54. The number of carbonyl (C=O) groups excluding carboxylic acids is 2. The van der Waals surface area contributed by atoms with Crippen molar-refractivity contribution >= 4 is 11.6 Å². The monoisotopic (exact) mass is 192 g/mol. The summed E-state index contributed by atoms with van der Waals surface area (Å²) in [5.41, 5.74) is 1.02. The molecule has 72 valence electrons. The van der Waals surface area contributed by atoms with Gasteiger partial charge in [-0.05, 0) is 30.5 Å². The molecule has 0 spiro atoms. The van der Waals surface area contributed by atoms with Crippen LogP contribution in [0.15, 0.2) is 18.2 Å². The zero-order valence-corrected chi connectivity index (χ0v) is 7.55. The van der Waals surface area contributed by atoms with Crippen molar-refractivity contribution in [2.45, 2.75) is 19.3 Å². The van der Waals surface area contributed by atoms with Gasteiger partial charge < -0.3 is 0 Å². The van der Waals surface area contributed by atoms with Gasteiger partial charge in [-0.2, -0.15) is 0 Å². The molecule has 1 aromatic carbocycles. The summed E-state index contributed by atoms with van der Waals surface area (Å²) in [6.45, 7) is 0. The molecule has 0 aromatic heterocycles. The van der Waals surface area contributed by atoms with E-state index in [-0.39, 0.29) is 12.0 Å². The van der Waals surface area contributed by atoms with Gasteiger partial charge in [0.1, 0.15) is 5.82 Å². The van der Waals surface area contributed by atoms with E-state index in [9.17, 15) is 14.0 Å². The van der Waals surface area contributed by atoms with Gasteiger partial charge in [0, 0.05) is 12.0 Å². The highest BCUT2D eigenvalue weighted by molar-refractivity contribution is 6.44. The number of Topliss-reactive ketones (excluding diaryl/α,β-unsaturated/α-hetero) is 2. The fourth-order valence-electron chi connectivity index (χ4n) is 1.68. The molecule has 0 radical (unpaired) electrons. The number of halogens is 1. The Morgan fingerprint density at radius 3 is 2.71 bits per heavy atom. The topological polar surface area (TPSA) is 34.1 Å². The van der Waals surface area contributed by atoms with E-state index in [1.807, 2.05) is 0 Å². The molecule has 2 rings (SSSR count). The maximum Gasteiger partial charge on any atom is 0.228 e. The van der Waals surface area contributed by atoms with Gasteiger partial charge in [0.05, 0.1) is 0 Å². The second-order valence-corrected chi connectivity index (χ2v) is 3.41. The average Bonchev–Trinajstić information content (AvgIpc) is 2.30. The van der Waals surface area contributed by atoms with Crippen LogP contribution in [0.3, 0.4) is 0 Å². The number of hydrogen-bond donors (Lipinski definition) is 0. The summed E-state index contributed by atoms with van der Waals surface area (Å²) in [5.74, 6) is -1.42. The highest BCUT2D eigenvalue weighted by atomic mass is 19.1. The smallest absolute Gasteiger partial charge is 0.228 e. The summed E-state index contributed by atoms with van der Waals surface area (Å²) in [4.78, 5) is 22.7. The Bertz CT molecular complexity index is 410. The molecule has 0 N–H and O–H groups in total. The van der Waals surface area contributed by atoms with Crippen molar-refractivity contribution in [2.24, 2.45) is 0 Å². The lowest BCUT2D eigenvalue weighted by atomic mass is 10.0. The van der Waals surface area contributed by atoms with E-state index in [0.717, 1.165) is 11.6 Å². The standard InChI is InChI=1S/C11H9FO2/c12-8-5-4-7-2-1-3-10(13)11(14)9(7)6-8/h4-6H,1-3H2. The van der Waals surface area contributed by atoms with Gasteiger partial charge in [-0.1, -0.05) is 6.07 Å². The van der Waals surface area contributed by atoms with Gasteiger partial charge in [-0.25, -0.2) is 4.39 Å². The number of benzene rings is 1. The molecular formula is C11H9FO2. The van der Waals surface area contributed by atoms with Crippen LogP contribution in [0.1, 0.15) is 28.8 Å². The zero-order chi connectivity index (χ0) is 10.1. The Labute approximate surface area is 80.7 Å². The largest absolute Gasteiger partial charge is 0.290 e. The minimum atomic E-state index is -0.544. The van der Waals surface area contributed by atoms with Crippen LogP contribution in [0.2, 0.25) is 0 Å². The van der Waals surface area contributed by atoms with Crippen LogP contribution in [-0.2, 0) is 11.2 Å². The quantitative estimate of drug-likeness (QED) is 0.465. The third-order valence-electron chi connectivity index (χ3n) is 2.42. The van der Waals surface area contributed by atoms with Crippen LogP contribution < -0.4 is 0 Å². The summed E-state index contributed by atoms with van der Waals surface area (Å²) in [7, 11) is 0. The summed E-state index contributed by atoms with van der Waals surface area (Å²) in [6, 6.07) is 4.06. The van der Waals surface area contributed by atoms with Crippen molar-refractivity contribution < 1.29 is 14.0 Å². The zero-order valence-electron chi connectivity index (χ0n) is 7.55. The Balaban J connectivity index is 2.55. The summed E-state index contributed by atoms with van der Waals surface area (Å²) in [5, 5.41) is 0. The molecule has 3 heteroatoms. The number of hydrogen-bond acceptors (Lipinski definition) is 2. The fourth-order valence-corrected chi connectivity index (χ4v) is 1.68. The molecule has 0 aliphatic heterocycles. The molecule has 1 aromatic rings. The first-order valence-electron chi connectivity index (χ1n) is 4.54. The minimum absolute atomic E-state index is 0.243. The molecule has 0 fully saturated rings. The van der Waals surface area contributed by atoms with Crippen LogP contribution >= 0.6 is 0 Å². The maximum atomic E-state index is 12.9. The molecule has 0 bridgehead atoms. The molecule has 1 aliphatic carbocycles. The fraction of sp³-hybridized carbons (Fsp3) is 0.273. The molecule has 0 unspecified atom stereocenters. The van der Waals surface area contributed by atoms with E-state index in [0.29, 0.717) is 12.8 Å². The van der Waals surface area contributed by atoms with Crippen molar-refractivity contribution in [2.75, 3.05) is 0 Å². The van der Waals surface area contributed by atoms with Gasteiger partial charge in [0.25, 0.3) is 0 Å². The Morgan fingerprint density at radius 1 is 1.14 bits per heavy atom. The molecule has 14 heavy (non-hydrogen) atoms. The molecule has 2 nitrogen and oxygen atoms in total. The van der Waals surface area contributed by atoms with Crippen LogP contribution in [0.4, 0.5) is 4.39 Å². The maximum absolute atomic E-state index is 12.9. The first kappa shape index (κ1) is 9.06. The number of carbonyl (C=O) groups is 2. The lowest BCUT2D eigenvalue weighted by molar-refractivity contribution is -0.115. The Morgan fingerprint density at radius 2 is 1.93 bits per heavy atom. The number of rotatable bonds is 0. The van der Waals surface area contributed by atoms with Crippen molar-refractivity contribution in [1.82, 2.24) is 0 Å². The molecular weight excluding hydrogens is 183 g/mol. The normalized spacial score (nSPS) is 16.4. The predicted octanol–water partition coefficient (Wildman–Crippen LogP) is 1.91.